The minimum absolute atomic E-state index is 1.23. The maximum atomic E-state index is 3.67. The van der Waals surface area contributed by atoms with Crippen LogP contribution in [0, 0.1) is 0 Å². The van der Waals surface area contributed by atoms with Gasteiger partial charge in [0.05, 0.1) is 0 Å². The molecule has 1 heterocycles. The molecule has 0 radical (unpaired) electrons. The largest absolute Gasteiger partial charge is 0.378 e. The Morgan fingerprint density at radius 2 is 1.36 bits per heavy atom. The van der Waals surface area contributed by atoms with Crippen LogP contribution in [-0.4, -0.2) is 18.0 Å². The fourth-order valence-corrected chi connectivity index (χ4v) is 0.924. The van der Waals surface area contributed by atoms with Crippen LogP contribution in [0.15, 0.2) is 12.8 Å². The van der Waals surface area contributed by atoms with Crippen LogP contribution in [0.2, 0.25) is 0 Å². The fourth-order valence-electron chi connectivity index (χ4n) is 0.924. The predicted molar refractivity (Wildman–Crippen MR) is 53.7 cm³/mol. The lowest BCUT2D eigenvalue weighted by Gasteiger charge is -2.07. The molecule has 1 aliphatic rings. The maximum absolute atomic E-state index is 3.67. The van der Waals surface area contributed by atoms with Gasteiger partial charge in [-0.3, -0.25) is 0 Å². The molecule has 0 aromatic rings. The predicted octanol–water partition coefficient (Wildman–Crippen LogP) is 3.28. The van der Waals surface area contributed by atoms with Gasteiger partial charge in [0.1, 0.15) is 0 Å². The van der Waals surface area contributed by atoms with E-state index in [1.54, 1.807) is 0 Å². The van der Waals surface area contributed by atoms with E-state index in [4.69, 9.17) is 0 Å². The van der Waals surface area contributed by atoms with Gasteiger partial charge in [-0.1, -0.05) is 34.3 Å². The average Bonchev–Trinajstić information content (AvgIpc) is 2.63. The Labute approximate surface area is 72.1 Å². The van der Waals surface area contributed by atoms with Crippen molar-refractivity contribution in [2.24, 2.45) is 0 Å². The van der Waals surface area contributed by atoms with Crippen molar-refractivity contribution in [3.05, 3.63) is 12.8 Å². The van der Waals surface area contributed by atoms with E-state index in [9.17, 15) is 0 Å². The quantitative estimate of drug-likeness (QED) is 0.564. The Kier molecular flexibility index (Phi) is 14.6. The average molecular weight is 157 g/mol. The Hall–Kier alpha value is -0.460. The van der Waals surface area contributed by atoms with E-state index >= 15 is 0 Å². The summed E-state index contributed by atoms with van der Waals surface area (Å²) in [6, 6.07) is 0. The van der Waals surface area contributed by atoms with Crippen molar-refractivity contribution in [2.75, 3.05) is 13.1 Å². The third-order valence-corrected chi connectivity index (χ3v) is 1.40. The minimum atomic E-state index is 1.23. The van der Waals surface area contributed by atoms with Gasteiger partial charge in [-0.25, -0.2) is 0 Å². The Balaban J connectivity index is 0. The van der Waals surface area contributed by atoms with Crippen LogP contribution in [0.25, 0.3) is 0 Å². The molecule has 0 saturated carbocycles. The summed E-state index contributed by atoms with van der Waals surface area (Å²) in [5, 5.41) is 0. The van der Waals surface area contributed by atoms with Gasteiger partial charge in [-0.2, -0.15) is 0 Å². The van der Waals surface area contributed by atoms with Gasteiger partial charge < -0.3 is 4.90 Å². The molecule has 11 heavy (non-hydrogen) atoms. The van der Waals surface area contributed by atoms with Crippen LogP contribution < -0.4 is 0 Å². The first kappa shape index (κ1) is 13.2. The maximum Gasteiger partial charge on any atom is 0.0172 e. The van der Waals surface area contributed by atoms with E-state index in [-0.39, 0.29) is 0 Å². The fraction of sp³-hybridized carbons (Fsp3) is 0.800. The van der Waals surface area contributed by atoms with Gasteiger partial charge in [0, 0.05) is 13.1 Å². The van der Waals surface area contributed by atoms with Crippen molar-refractivity contribution < 1.29 is 0 Å². The van der Waals surface area contributed by atoms with Crippen LogP contribution in [-0.2, 0) is 0 Å². The van der Waals surface area contributed by atoms with E-state index in [0.29, 0.717) is 0 Å². The molecule has 1 fully saturated rings. The molecule has 0 bridgehead atoms. The summed E-state index contributed by atoms with van der Waals surface area (Å²) in [6.45, 7) is 14.1. The second kappa shape index (κ2) is 12.2. The summed E-state index contributed by atoms with van der Waals surface area (Å²) in [5.41, 5.74) is 0. The van der Waals surface area contributed by atoms with Crippen LogP contribution in [0.5, 0.6) is 0 Å². The third-order valence-electron chi connectivity index (χ3n) is 1.40. The second-order valence-electron chi connectivity index (χ2n) is 1.93. The SMILES string of the molecule is C=CN1CCCC1.CC.CC. The van der Waals surface area contributed by atoms with Crippen LogP contribution >= 0.6 is 0 Å². The summed E-state index contributed by atoms with van der Waals surface area (Å²) in [5.74, 6) is 0. The summed E-state index contributed by atoms with van der Waals surface area (Å²) in [7, 11) is 0. The van der Waals surface area contributed by atoms with Crippen LogP contribution in [0.3, 0.4) is 0 Å². The highest BCUT2D eigenvalue weighted by Gasteiger charge is 2.04. The van der Waals surface area contributed by atoms with Crippen molar-refractivity contribution in [1.29, 1.82) is 0 Å². The highest BCUT2D eigenvalue weighted by atomic mass is 15.1. The lowest BCUT2D eigenvalue weighted by molar-refractivity contribution is 0.469. The zero-order chi connectivity index (χ0) is 9.11. The first-order valence-corrected chi connectivity index (χ1v) is 4.80. The zero-order valence-electron chi connectivity index (χ0n) is 8.56. The van der Waals surface area contributed by atoms with E-state index in [0.717, 1.165) is 0 Å². The zero-order valence-corrected chi connectivity index (χ0v) is 8.56. The highest BCUT2D eigenvalue weighted by Crippen LogP contribution is 2.05. The number of hydrogen-bond acceptors (Lipinski definition) is 1. The van der Waals surface area contributed by atoms with E-state index in [1.807, 2.05) is 33.9 Å². The molecule has 0 N–H and O–H groups in total. The normalized spacial score (nSPS) is 14.0. The van der Waals surface area contributed by atoms with Crippen molar-refractivity contribution in [1.82, 2.24) is 4.90 Å². The number of rotatable bonds is 1. The first-order chi connectivity index (χ1) is 5.43. The molecule has 0 atom stereocenters. The summed E-state index contributed by atoms with van der Waals surface area (Å²) >= 11 is 0. The Bertz CT molecular complexity index is 63.3. The van der Waals surface area contributed by atoms with Gasteiger partial charge in [0.25, 0.3) is 0 Å². The molecule has 1 rings (SSSR count). The molecular weight excluding hydrogens is 134 g/mol. The van der Waals surface area contributed by atoms with E-state index < -0.39 is 0 Å². The van der Waals surface area contributed by atoms with Crippen molar-refractivity contribution in [2.45, 2.75) is 40.5 Å². The molecule has 0 aliphatic carbocycles. The van der Waals surface area contributed by atoms with E-state index in [1.165, 1.54) is 25.9 Å². The minimum Gasteiger partial charge on any atom is -0.378 e. The van der Waals surface area contributed by atoms with Crippen LogP contribution in [0.1, 0.15) is 40.5 Å². The first-order valence-electron chi connectivity index (χ1n) is 4.80. The van der Waals surface area contributed by atoms with E-state index in [2.05, 4.69) is 11.5 Å². The van der Waals surface area contributed by atoms with Gasteiger partial charge in [0.15, 0.2) is 0 Å². The van der Waals surface area contributed by atoms with Gasteiger partial charge in [0.2, 0.25) is 0 Å². The molecule has 0 aromatic heterocycles. The molecule has 1 heteroatoms. The topological polar surface area (TPSA) is 3.24 Å². The summed E-state index contributed by atoms with van der Waals surface area (Å²) in [6.07, 6.45) is 4.63. The molecule has 68 valence electrons. The number of hydrogen-bond donors (Lipinski definition) is 0. The molecule has 0 unspecified atom stereocenters. The molecule has 1 saturated heterocycles. The summed E-state index contributed by atoms with van der Waals surface area (Å²) < 4.78 is 0. The second-order valence-corrected chi connectivity index (χ2v) is 1.93. The smallest absolute Gasteiger partial charge is 0.0172 e. The Morgan fingerprint density at radius 1 is 1.00 bits per heavy atom. The lowest BCUT2D eigenvalue weighted by Crippen LogP contribution is -2.08. The monoisotopic (exact) mass is 157 g/mol. The number of likely N-dealkylation sites (tertiary alicyclic amines) is 1. The standard InChI is InChI=1S/C6H11N.2C2H6/c1-2-7-5-3-4-6-7;2*1-2/h2H,1,3-6H2;2*1-2H3. The van der Waals surface area contributed by atoms with Crippen molar-refractivity contribution in [3.8, 4) is 0 Å². The van der Waals surface area contributed by atoms with Crippen LogP contribution in [0.4, 0.5) is 0 Å². The van der Waals surface area contributed by atoms with Gasteiger partial charge in [-0.15, -0.1) is 0 Å². The third kappa shape index (κ3) is 7.44. The molecule has 1 aliphatic heterocycles. The summed E-state index contributed by atoms with van der Waals surface area (Å²) in [4.78, 5) is 2.25. The van der Waals surface area contributed by atoms with Crippen molar-refractivity contribution in [3.63, 3.8) is 0 Å². The lowest BCUT2D eigenvalue weighted by atomic mass is 10.4. The number of nitrogens with zero attached hydrogens (tertiary/aromatic N) is 1. The van der Waals surface area contributed by atoms with Gasteiger partial charge in [-0.05, 0) is 19.0 Å². The highest BCUT2D eigenvalue weighted by molar-refractivity contribution is 4.75. The Morgan fingerprint density at radius 3 is 1.55 bits per heavy atom. The molecule has 0 amide bonds. The van der Waals surface area contributed by atoms with Gasteiger partial charge >= 0.3 is 0 Å². The molecule has 0 aromatic carbocycles. The molecule has 0 spiro atoms. The molecule has 1 nitrogen and oxygen atoms in total. The molecular formula is C10H23N. The van der Waals surface area contributed by atoms with Crippen molar-refractivity contribution >= 4 is 0 Å².